The van der Waals surface area contributed by atoms with Crippen LogP contribution >= 0.6 is 0 Å². The van der Waals surface area contributed by atoms with Crippen LogP contribution in [0.2, 0.25) is 0 Å². The summed E-state index contributed by atoms with van der Waals surface area (Å²) >= 11 is 0. The topological polar surface area (TPSA) is 116 Å². The number of rotatable bonds is 8. The molecule has 0 amide bonds. The number of hydrogen-bond donors (Lipinski definition) is 1. The van der Waals surface area contributed by atoms with Crippen LogP contribution in [0.3, 0.4) is 0 Å². The quantitative estimate of drug-likeness (QED) is 0.271. The summed E-state index contributed by atoms with van der Waals surface area (Å²) in [5.41, 5.74) is 0.295. The lowest BCUT2D eigenvalue weighted by atomic mass is 9.82. The highest BCUT2D eigenvalue weighted by Gasteiger charge is 2.33. The van der Waals surface area contributed by atoms with E-state index in [9.17, 15) is 30.2 Å². The van der Waals surface area contributed by atoms with Crippen molar-refractivity contribution in [3.63, 3.8) is 0 Å². The number of hydrogen-bond acceptors (Lipinski definition) is 6. The van der Waals surface area contributed by atoms with Crippen LogP contribution in [0.1, 0.15) is 43.0 Å². The molecule has 0 radical (unpaired) electrons. The zero-order chi connectivity index (χ0) is 28.8. The number of alkyl halides is 3. The predicted molar refractivity (Wildman–Crippen MR) is 139 cm³/mol. The molecule has 0 bridgehead atoms. The molecule has 2 heterocycles. The van der Waals surface area contributed by atoms with Gasteiger partial charge in [0, 0.05) is 17.2 Å². The molecule has 0 saturated heterocycles. The molecule has 0 aliphatic carbocycles. The van der Waals surface area contributed by atoms with E-state index in [-0.39, 0.29) is 34.8 Å². The number of aromatic nitrogens is 2. The number of fused-ring (bicyclic) bond motifs is 1. The monoisotopic (exact) mass is 583 g/mol. The zero-order valence-electron chi connectivity index (χ0n) is 21.1. The first-order chi connectivity index (χ1) is 18.1. The van der Waals surface area contributed by atoms with Crippen LogP contribution in [0.5, 0.6) is 0 Å². The van der Waals surface area contributed by atoms with E-state index in [0.717, 1.165) is 30.5 Å². The summed E-state index contributed by atoms with van der Waals surface area (Å²) in [6.45, 7) is 3.36. The molecule has 2 N–H and O–H groups in total. The van der Waals surface area contributed by atoms with Crippen LogP contribution in [-0.2, 0) is 33.4 Å². The summed E-state index contributed by atoms with van der Waals surface area (Å²) in [6.07, 6.45) is -3.51. The predicted octanol–water partition coefficient (Wildman–Crippen LogP) is 5.57. The van der Waals surface area contributed by atoms with Gasteiger partial charge in [-0.1, -0.05) is 29.4 Å². The first-order valence-electron chi connectivity index (χ1n) is 11.7. The fraction of sp³-hybridized carbons (Fsp3) is 0.308. The van der Waals surface area contributed by atoms with E-state index in [1.54, 1.807) is 38.1 Å². The van der Waals surface area contributed by atoms with Crippen molar-refractivity contribution in [3.8, 4) is 11.3 Å². The maximum absolute atomic E-state index is 14.9. The highest BCUT2D eigenvalue weighted by Crippen LogP contribution is 2.40. The van der Waals surface area contributed by atoms with Crippen LogP contribution in [0.4, 0.5) is 17.6 Å². The van der Waals surface area contributed by atoms with E-state index in [0.29, 0.717) is 16.5 Å². The van der Waals surface area contributed by atoms with Crippen molar-refractivity contribution in [3.05, 3.63) is 77.2 Å². The summed E-state index contributed by atoms with van der Waals surface area (Å²) in [7, 11) is -5.50. The van der Waals surface area contributed by atoms with Crippen molar-refractivity contribution in [1.29, 1.82) is 0 Å². The number of sulfone groups is 1. The molecule has 0 aliphatic heterocycles. The van der Waals surface area contributed by atoms with E-state index in [1.165, 1.54) is 6.07 Å². The van der Waals surface area contributed by atoms with E-state index >= 15 is 0 Å². The molecule has 0 aliphatic rings. The lowest BCUT2D eigenvalue weighted by Gasteiger charge is -2.29. The lowest BCUT2D eigenvalue weighted by Crippen LogP contribution is -2.34. The summed E-state index contributed by atoms with van der Waals surface area (Å²) in [4.78, 5) is 4.05. The smallest absolute Gasteiger partial charge is 0.356 e. The molecular formula is C26H25F4N3O4S2. The van der Waals surface area contributed by atoms with Gasteiger partial charge in [0.25, 0.3) is 0 Å². The lowest BCUT2D eigenvalue weighted by molar-refractivity contribution is -0.137. The van der Waals surface area contributed by atoms with Gasteiger partial charge in [-0.05, 0) is 68.5 Å². The fourth-order valence-corrected chi connectivity index (χ4v) is 5.35. The van der Waals surface area contributed by atoms with E-state index in [4.69, 9.17) is 9.66 Å². The Kier molecular flexibility index (Phi) is 7.71. The Balaban J connectivity index is 1.86. The standard InChI is InChI=1S/C26H25F4N3O4S2/c1-25(2,38(31)34)14-15(12-21-20(27)10-11-23(32-21)39(3,35)36)17-6-4-5-7-18(17)24-19-9-8-16(26(28,29)30)13-22(19)37-33-24/h4-11,13,15H,12,14,31H2,1-3H3/t15-,38?/m0/s1. The van der Waals surface area contributed by atoms with Crippen molar-refractivity contribution in [2.75, 3.05) is 6.26 Å². The number of nitrogens with zero attached hydrogens (tertiary/aromatic N) is 2. The van der Waals surface area contributed by atoms with Gasteiger partial charge in [0.15, 0.2) is 20.4 Å². The molecule has 0 spiro atoms. The molecule has 4 aromatic rings. The summed E-state index contributed by atoms with van der Waals surface area (Å²) in [6, 6.07) is 12.0. The molecular weight excluding hydrogens is 558 g/mol. The molecule has 208 valence electrons. The Morgan fingerprint density at radius 3 is 2.41 bits per heavy atom. The Hall–Kier alpha value is -3.16. The second-order valence-electron chi connectivity index (χ2n) is 9.84. The van der Waals surface area contributed by atoms with E-state index in [1.807, 2.05) is 0 Å². The SMILES string of the molecule is CC(C)(C[C@H](Cc1nc(S(C)(=O)=O)ccc1F)c1ccccc1-c1noc2cc(C(F)(F)F)ccc12)S(N)=O. The maximum Gasteiger partial charge on any atom is 0.416 e. The largest absolute Gasteiger partial charge is 0.416 e. The van der Waals surface area contributed by atoms with Crippen LogP contribution in [0.15, 0.2) is 64.1 Å². The van der Waals surface area contributed by atoms with Gasteiger partial charge in [0.05, 0.1) is 27.0 Å². The highest BCUT2D eigenvalue weighted by atomic mass is 32.2. The molecule has 13 heteroatoms. The van der Waals surface area contributed by atoms with Gasteiger partial charge in [-0.25, -0.2) is 22.0 Å². The normalized spacial score (nSPS) is 14.5. The van der Waals surface area contributed by atoms with Crippen molar-refractivity contribution in [2.24, 2.45) is 5.14 Å². The first-order valence-corrected chi connectivity index (χ1v) is 14.8. The van der Waals surface area contributed by atoms with Crippen LogP contribution in [0.25, 0.3) is 22.2 Å². The minimum absolute atomic E-state index is 0.0665. The molecule has 1 unspecified atom stereocenters. The molecule has 2 aromatic carbocycles. The van der Waals surface area contributed by atoms with Gasteiger partial charge in [-0.3, -0.25) is 5.14 Å². The van der Waals surface area contributed by atoms with Gasteiger partial charge in [-0.15, -0.1) is 0 Å². The van der Waals surface area contributed by atoms with Crippen molar-refractivity contribution < 1.29 is 34.7 Å². The molecule has 4 rings (SSSR count). The van der Waals surface area contributed by atoms with Crippen LogP contribution < -0.4 is 5.14 Å². The first kappa shape index (κ1) is 28.8. The van der Waals surface area contributed by atoms with Gasteiger partial charge in [0.2, 0.25) is 0 Å². The Labute approximate surface area is 224 Å². The van der Waals surface area contributed by atoms with E-state index in [2.05, 4.69) is 10.1 Å². The highest BCUT2D eigenvalue weighted by molar-refractivity contribution is 7.90. The molecule has 0 saturated carbocycles. The third-order valence-electron chi connectivity index (χ3n) is 6.45. The summed E-state index contributed by atoms with van der Waals surface area (Å²) in [5, 5.41) is 9.82. The van der Waals surface area contributed by atoms with Crippen LogP contribution in [-0.4, -0.2) is 33.8 Å². The fourth-order valence-electron chi connectivity index (χ4n) is 4.39. The second-order valence-corrected chi connectivity index (χ2v) is 13.5. The van der Waals surface area contributed by atoms with Gasteiger partial charge < -0.3 is 4.52 Å². The molecule has 2 atom stereocenters. The zero-order valence-corrected chi connectivity index (χ0v) is 22.8. The van der Waals surface area contributed by atoms with Gasteiger partial charge >= 0.3 is 6.18 Å². The number of pyridine rings is 1. The number of halogens is 4. The molecule has 7 nitrogen and oxygen atoms in total. The average molecular weight is 584 g/mol. The Bertz CT molecular complexity index is 1670. The van der Waals surface area contributed by atoms with Crippen molar-refractivity contribution >= 4 is 31.8 Å². The Morgan fingerprint density at radius 1 is 1.08 bits per heavy atom. The number of benzene rings is 2. The maximum atomic E-state index is 14.9. The minimum Gasteiger partial charge on any atom is -0.356 e. The second kappa shape index (κ2) is 10.4. The third-order valence-corrected chi connectivity index (χ3v) is 8.69. The van der Waals surface area contributed by atoms with Gasteiger partial charge in [-0.2, -0.15) is 13.2 Å². The van der Waals surface area contributed by atoms with E-state index < -0.39 is 49.0 Å². The third kappa shape index (κ3) is 6.20. The van der Waals surface area contributed by atoms with Crippen LogP contribution in [0, 0.1) is 5.82 Å². The number of nitrogens with two attached hydrogens (primary N) is 1. The molecule has 0 fully saturated rings. The average Bonchev–Trinajstić information content (AvgIpc) is 3.26. The molecule has 39 heavy (non-hydrogen) atoms. The van der Waals surface area contributed by atoms with Crippen molar-refractivity contribution in [1.82, 2.24) is 10.1 Å². The molecule has 2 aromatic heterocycles. The minimum atomic E-state index is -4.56. The summed E-state index contributed by atoms with van der Waals surface area (Å²) in [5.74, 6) is -1.31. The van der Waals surface area contributed by atoms with Gasteiger partial charge in [0.1, 0.15) is 11.5 Å². The summed E-state index contributed by atoms with van der Waals surface area (Å²) < 4.78 is 95.3. The Morgan fingerprint density at radius 2 is 1.77 bits per heavy atom. The van der Waals surface area contributed by atoms with Crippen molar-refractivity contribution in [2.45, 2.75) is 48.6 Å².